The van der Waals surface area contributed by atoms with Gasteiger partial charge in [-0.25, -0.2) is 0 Å². The maximum Gasteiger partial charge on any atom is 0.104 e. The van der Waals surface area contributed by atoms with Crippen molar-refractivity contribution in [2.75, 3.05) is 6.61 Å². The Morgan fingerprint density at radius 1 is 0.415 bits per heavy atom. The Labute approximate surface area is 589 Å². The summed E-state index contributed by atoms with van der Waals surface area (Å²) >= 11 is 0. The van der Waals surface area contributed by atoms with Gasteiger partial charge in [-0.15, -0.1) is 0 Å². The minimum absolute atomic E-state index is 0.191. The molecule has 4 aromatic carbocycles. The standard InChI is InChI=1S/2C12H18.C11H16.C10H14.C10H22.C10H20.C9H14O.C9H18O.C9H18/c1-10-6-5-7-11(8-10)9-12(2,3)4;1-12(2,3)10-9-11-7-5-4-6-8-11;1-11(2,3)9-10-7-5-4-6-8-10;1-10(2,3)9-7-5-4-6-8-9;2*1-6-9(2)7-8-10(3,4)5;1-9(2,3)7-8-5-4-6-10-8;1-8(7-10)5-6-9(2,3)4;1-8(2)6-7-9(3,4)5/h5-8H,9H2,1-4H3;4-8H,9-10H2,1-3H3;4-8H,9H2,1-3H3;4-8H,1-3H3;9H,6-8H2,1-5H3;7H,6,8H2,1-5H3;4-6H,7H2,1-3H3;5,10H,6-7H2,1-4H3;6H,7H2,1-5H3/b;;;;;9-7+;;8-5-;. The average molecular weight is 1300 g/mol. The third-order valence-electron chi connectivity index (χ3n) is 14.5. The molecule has 5 rings (SSSR count). The number of aliphatic hydroxyl groups is 1. The summed E-state index contributed by atoms with van der Waals surface area (Å²) in [6, 6.07) is 44.6. The largest absolute Gasteiger partial charge is 0.469 e. The molecule has 1 aromatic heterocycles. The van der Waals surface area contributed by atoms with Crippen LogP contribution in [-0.4, -0.2) is 11.7 Å². The molecule has 2 heteroatoms. The van der Waals surface area contributed by atoms with Crippen LogP contribution in [0.4, 0.5) is 0 Å². The van der Waals surface area contributed by atoms with E-state index in [4.69, 9.17) is 9.52 Å². The van der Waals surface area contributed by atoms with Crippen molar-refractivity contribution in [3.63, 3.8) is 0 Å². The minimum atomic E-state index is 0.191. The number of hydrogen-bond acceptors (Lipinski definition) is 2. The van der Waals surface area contributed by atoms with Crippen molar-refractivity contribution in [2.24, 2.45) is 49.2 Å². The zero-order chi connectivity index (χ0) is 73.9. The van der Waals surface area contributed by atoms with Crippen molar-refractivity contribution in [3.05, 3.63) is 202 Å². The molecule has 0 saturated heterocycles. The number of rotatable bonds is 13. The molecule has 0 spiro atoms. The fourth-order valence-corrected chi connectivity index (χ4v) is 8.24. The first-order chi connectivity index (χ1) is 42.6. The zero-order valence-electron chi connectivity index (χ0n) is 69.1. The van der Waals surface area contributed by atoms with Crippen LogP contribution in [0.5, 0.6) is 0 Å². The summed E-state index contributed by atoms with van der Waals surface area (Å²) in [4.78, 5) is 0. The third kappa shape index (κ3) is 74.7. The molecule has 5 aromatic rings. The summed E-state index contributed by atoms with van der Waals surface area (Å²) < 4.78 is 5.21. The molecule has 538 valence electrons. The Kier molecular flexibility index (Phi) is 49.0. The van der Waals surface area contributed by atoms with Gasteiger partial charge in [0.05, 0.1) is 12.9 Å². The number of benzene rings is 4. The van der Waals surface area contributed by atoms with Gasteiger partial charge in [0.2, 0.25) is 0 Å². The molecule has 0 bridgehead atoms. The zero-order valence-corrected chi connectivity index (χ0v) is 69.1. The second kappa shape index (κ2) is 48.1. The lowest BCUT2D eigenvalue weighted by atomic mass is 9.86. The van der Waals surface area contributed by atoms with Gasteiger partial charge in [-0.05, 0) is 181 Å². The van der Waals surface area contributed by atoms with Crippen LogP contribution in [0, 0.1) is 56.2 Å². The average Bonchev–Trinajstić information content (AvgIpc) is 1.19. The molecule has 0 aliphatic carbocycles. The van der Waals surface area contributed by atoms with E-state index in [1.54, 1.807) is 6.26 Å². The third-order valence-corrected chi connectivity index (χ3v) is 14.5. The second-order valence-electron chi connectivity index (χ2n) is 37.7. The van der Waals surface area contributed by atoms with E-state index in [1.807, 2.05) is 19.1 Å². The Morgan fingerprint density at radius 3 is 1.13 bits per heavy atom. The van der Waals surface area contributed by atoms with Crippen molar-refractivity contribution in [3.8, 4) is 0 Å². The Bertz CT molecular complexity index is 2590. The second-order valence-corrected chi connectivity index (χ2v) is 37.7. The number of furan rings is 1. The quantitative estimate of drug-likeness (QED) is 0.119. The minimum Gasteiger partial charge on any atom is -0.469 e. The molecule has 1 N–H and O–H groups in total. The summed E-state index contributed by atoms with van der Waals surface area (Å²) in [5.74, 6) is 1.99. The molecular formula is C92H158O2. The Balaban J connectivity index is -0.000000485. The van der Waals surface area contributed by atoms with Crippen molar-refractivity contribution >= 4 is 0 Å². The van der Waals surface area contributed by atoms with Crippen LogP contribution < -0.4 is 0 Å². The van der Waals surface area contributed by atoms with Gasteiger partial charge in [0.1, 0.15) is 5.76 Å². The normalized spacial score (nSPS) is 12.5. The van der Waals surface area contributed by atoms with Crippen molar-refractivity contribution in [1.82, 2.24) is 0 Å². The molecule has 1 atom stereocenters. The summed E-state index contributed by atoms with van der Waals surface area (Å²) in [6.45, 7) is 78.4. The van der Waals surface area contributed by atoms with Crippen LogP contribution in [-0.2, 0) is 31.1 Å². The topological polar surface area (TPSA) is 33.4 Å². The van der Waals surface area contributed by atoms with E-state index in [0.717, 1.165) is 42.9 Å². The van der Waals surface area contributed by atoms with Crippen molar-refractivity contribution in [2.45, 2.75) is 325 Å². The SMILES string of the molecule is C/C(=C/CC(C)(C)C)CO.CC(C)(C)CCc1ccccc1.CC(C)(C)Cc1ccccc1.CC(C)(C)Cc1ccco1.CC(C)(C)c1ccccc1.CC(C)=CCC(C)(C)C.CC/C(C)=C/CC(C)(C)C.CCC(C)CCC(C)(C)C.Cc1cccc(CC(C)(C)C)c1. The first-order valence-corrected chi connectivity index (χ1v) is 36.4. The highest BCUT2D eigenvalue weighted by atomic mass is 16.3. The molecule has 1 unspecified atom stereocenters. The smallest absolute Gasteiger partial charge is 0.104 e. The van der Waals surface area contributed by atoms with E-state index in [1.165, 1.54) is 90.3 Å². The fraction of sp³-hybridized carbons (Fsp3) is 0.630. The van der Waals surface area contributed by atoms with Gasteiger partial charge < -0.3 is 9.52 Å². The highest BCUT2D eigenvalue weighted by molar-refractivity contribution is 5.24. The molecular weight excluding hydrogens is 1140 g/mol. The van der Waals surface area contributed by atoms with Crippen LogP contribution in [0.2, 0.25) is 0 Å². The molecule has 0 radical (unpaired) electrons. The van der Waals surface area contributed by atoms with Crippen molar-refractivity contribution < 1.29 is 9.52 Å². The van der Waals surface area contributed by atoms with E-state index in [0.29, 0.717) is 48.7 Å². The lowest BCUT2D eigenvalue weighted by molar-refractivity contribution is 0.327. The maximum atomic E-state index is 8.66. The summed E-state index contributed by atoms with van der Waals surface area (Å²) in [5.41, 5.74) is 14.7. The first kappa shape index (κ1) is 95.7. The summed E-state index contributed by atoms with van der Waals surface area (Å²) in [6.07, 6.45) is 23.0. The maximum absolute atomic E-state index is 8.66. The highest BCUT2D eigenvalue weighted by Crippen LogP contribution is 2.27. The Morgan fingerprint density at radius 2 is 0.809 bits per heavy atom. The van der Waals surface area contributed by atoms with Crippen LogP contribution in [0.15, 0.2) is 173 Å². The molecule has 0 aliphatic heterocycles. The van der Waals surface area contributed by atoms with Gasteiger partial charge in [0, 0.05) is 6.42 Å². The van der Waals surface area contributed by atoms with E-state index in [-0.39, 0.29) is 6.61 Å². The van der Waals surface area contributed by atoms with Gasteiger partial charge in [-0.2, -0.15) is 0 Å². The molecule has 2 nitrogen and oxygen atoms in total. The van der Waals surface area contributed by atoms with Crippen LogP contribution in [0.3, 0.4) is 0 Å². The molecule has 94 heavy (non-hydrogen) atoms. The van der Waals surface area contributed by atoms with Gasteiger partial charge in [0.15, 0.2) is 0 Å². The van der Waals surface area contributed by atoms with E-state index >= 15 is 0 Å². The lowest BCUT2D eigenvalue weighted by Gasteiger charge is -2.19. The number of aryl methyl sites for hydroxylation is 2. The fourth-order valence-electron chi connectivity index (χ4n) is 8.24. The van der Waals surface area contributed by atoms with Crippen LogP contribution in [0.1, 0.15) is 320 Å². The predicted octanol–water partition coefficient (Wildman–Crippen LogP) is 29.8. The first-order valence-electron chi connectivity index (χ1n) is 36.4. The number of aliphatic hydroxyl groups excluding tert-OH is 1. The summed E-state index contributed by atoms with van der Waals surface area (Å²) in [7, 11) is 0. The van der Waals surface area contributed by atoms with E-state index in [2.05, 4.69) is 369 Å². The van der Waals surface area contributed by atoms with Crippen molar-refractivity contribution in [1.29, 1.82) is 0 Å². The van der Waals surface area contributed by atoms with Gasteiger partial charge in [-0.3, -0.25) is 0 Å². The molecule has 0 saturated carbocycles. The lowest BCUT2D eigenvalue weighted by Crippen LogP contribution is -2.10. The highest BCUT2D eigenvalue weighted by Gasteiger charge is 2.16. The predicted molar refractivity (Wildman–Crippen MR) is 430 cm³/mol. The van der Waals surface area contributed by atoms with Gasteiger partial charge in [-0.1, -0.05) is 376 Å². The van der Waals surface area contributed by atoms with E-state index in [9.17, 15) is 0 Å². The van der Waals surface area contributed by atoms with Gasteiger partial charge in [0.25, 0.3) is 0 Å². The van der Waals surface area contributed by atoms with E-state index < -0.39 is 0 Å². The molecule has 0 amide bonds. The monoisotopic (exact) mass is 1300 g/mol. The van der Waals surface area contributed by atoms with Crippen LogP contribution >= 0.6 is 0 Å². The number of allylic oxidation sites excluding steroid dienone is 5. The summed E-state index contributed by atoms with van der Waals surface area (Å²) in [5, 5.41) is 8.66. The molecule has 0 aliphatic rings. The van der Waals surface area contributed by atoms with Crippen LogP contribution in [0.25, 0.3) is 0 Å². The van der Waals surface area contributed by atoms with Gasteiger partial charge >= 0.3 is 0 Å². The molecule has 0 fully saturated rings. The number of hydrogen-bond donors (Lipinski definition) is 1. The molecule has 1 heterocycles. The Hall–Kier alpha value is -4.66.